The van der Waals surface area contributed by atoms with Gasteiger partial charge >= 0.3 is 5.97 Å². The van der Waals surface area contributed by atoms with Gasteiger partial charge in [0, 0.05) is 48.7 Å². The summed E-state index contributed by atoms with van der Waals surface area (Å²) in [5.74, 6) is -0.00635. The van der Waals surface area contributed by atoms with Gasteiger partial charge in [-0.05, 0) is 49.9 Å². The minimum absolute atomic E-state index is 0.186. The number of hydrogen-bond donors (Lipinski definition) is 0. The topological polar surface area (TPSA) is 88.5 Å². The lowest BCUT2D eigenvalue weighted by Gasteiger charge is -2.30. The van der Waals surface area contributed by atoms with Crippen LogP contribution in [0.5, 0.6) is 0 Å². The minimum atomic E-state index is -0.300. The van der Waals surface area contributed by atoms with Gasteiger partial charge in [0.25, 0.3) is 5.91 Å². The van der Waals surface area contributed by atoms with Gasteiger partial charge in [0.1, 0.15) is 0 Å². The highest BCUT2D eigenvalue weighted by molar-refractivity contribution is 7.09. The Balaban J connectivity index is 1.14. The zero-order chi connectivity index (χ0) is 22.8. The van der Waals surface area contributed by atoms with Crippen molar-refractivity contribution in [2.24, 2.45) is 5.92 Å². The number of fused-ring (bicyclic) bond motifs is 1. The number of benzene rings is 1. The fraction of sp³-hybridized carbons (Fsp3) is 0.375. The molecule has 0 bridgehead atoms. The van der Waals surface area contributed by atoms with E-state index in [0.717, 1.165) is 33.9 Å². The molecule has 0 saturated carbocycles. The van der Waals surface area contributed by atoms with E-state index < -0.39 is 0 Å². The first-order valence-corrected chi connectivity index (χ1v) is 12.0. The summed E-state index contributed by atoms with van der Waals surface area (Å²) in [5, 5.41) is 3.08. The highest BCUT2D eigenvalue weighted by Gasteiger charge is 2.30. The summed E-state index contributed by atoms with van der Waals surface area (Å²) < 4.78 is 5.42. The van der Waals surface area contributed by atoms with Crippen LogP contribution in [-0.2, 0) is 20.7 Å². The van der Waals surface area contributed by atoms with Gasteiger partial charge in [-0.3, -0.25) is 9.59 Å². The maximum Gasteiger partial charge on any atom is 0.309 e. The molecule has 5 rings (SSSR count). The van der Waals surface area contributed by atoms with Gasteiger partial charge < -0.3 is 14.5 Å². The normalized spacial score (nSPS) is 16.0. The Morgan fingerprint density at radius 2 is 1.94 bits per heavy atom. The second kappa shape index (κ2) is 9.27. The van der Waals surface area contributed by atoms with Crippen LogP contribution in [0.4, 0.5) is 11.6 Å². The van der Waals surface area contributed by atoms with Crippen LogP contribution in [0.3, 0.4) is 0 Å². The second-order valence-corrected chi connectivity index (χ2v) is 9.37. The maximum absolute atomic E-state index is 12.8. The molecule has 9 heteroatoms. The number of aromatic nitrogens is 3. The van der Waals surface area contributed by atoms with Gasteiger partial charge in [-0.15, -0.1) is 11.3 Å². The molecule has 33 heavy (non-hydrogen) atoms. The molecule has 1 amide bonds. The van der Waals surface area contributed by atoms with Crippen LogP contribution in [0, 0.1) is 12.8 Å². The Kier molecular flexibility index (Phi) is 6.04. The average Bonchev–Trinajstić information content (AvgIpc) is 3.49. The van der Waals surface area contributed by atoms with E-state index in [1.807, 2.05) is 24.4 Å². The van der Waals surface area contributed by atoms with Crippen molar-refractivity contribution < 1.29 is 14.3 Å². The van der Waals surface area contributed by atoms with Gasteiger partial charge in [0.2, 0.25) is 5.95 Å². The van der Waals surface area contributed by atoms with Gasteiger partial charge in [0.15, 0.2) is 6.61 Å². The molecule has 0 radical (unpaired) electrons. The lowest BCUT2D eigenvalue weighted by molar-refractivity contribution is -0.152. The quantitative estimate of drug-likeness (QED) is 0.537. The summed E-state index contributed by atoms with van der Waals surface area (Å²) in [4.78, 5) is 42.2. The largest absolute Gasteiger partial charge is 0.455 e. The summed E-state index contributed by atoms with van der Waals surface area (Å²) in [5.41, 5.74) is 4.03. The number of esters is 1. The monoisotopic (exact) mass is 463 g/mol. The Bertz CT molecular complexity index is 1160. The van der Waals surface area contributed by atoms with Crippen molar-refractivity contribution in [3.05, 3.63) is 52.6 Å². The first-order chi connectivity index (χ1) is 16.1. The van der Waals surface area contributed by atoms with E-state index in [9.17, 15) is 9.59 Å². The number of ether oxygens (including phenoxy) is 1. The third-order valence-corrected chi connectivity index (χ3v) is 6.97. The molecule has 2 aliphatic rings. The summed E-state index contributed by atoms with van der Waals surface area (Å²) in [7, 11) is 0. The zero-order valence-electron chi connectivity index (χ0n) is 18.4. The number of amides is 1. The van der Waals surface area contributed by atoms with E-state index in [2.05, 4.69) is 25.9 Å². The standard InChI is InChI=1S/C24H25N5O3S/c1-16-27-20(15-33-16)18-3-4-21-19(13-18)7-12-29(21)22(30)14-32-23(31)17-5-10-28(11-6-17)24-25-8-2-9-26-24/h2-4,8-9,13,15,17H,5-7,10-12,14H2,1H3. The van der Waals surface area contributed by atoms with Crippen LogP contribution in [0.25, 0.3) is 11.3 Å². The number of hydrogen-bond acceptors (Lipinski definition) is 8. The summed E-state index contributed by atoms with van der Waals surface area (Å²) in [6.07, 6.45) is 5.54. The van der Waals surface area contributed by atoms with Crippen molar-refractivity contribution in [1.29, 1.82) is 0 Å². The van der Waals surface area contributed by atoms with Crippen molar-refractivity contribution in [2.75, 3.05) is 36.0 Å². The summed E-state index contributed by atoms with van der Waals surface area (Å²) in [6.45, 7) is 3.74. The van der Waals surface area contributed by atoms with Gasteiger partial charge in [-0.25, -0.2) is 15.0 Å². The molecule has 2 aliphatic heterocycles. The Labute approximate surface area is 196 Å². The molecule has 1 fully saturated rings. The first-order valence-electron chi connectivity index (χ1n) is 11.1. The van der Waals surface area contributed by atoms with Crippen molar-refractivity contribution in [3.8, 4) is 11.3 Å². The summed E-state index contributed by atoms with van der Waals surface area (Å²) >= 11 is 1.62. The SMILES string of the molecule is Cc1nc(-c2ccc3c(c2)CCN3C(=O)COC(=O)C2CCN(c3ncccn3)CC2)cs1. The van der Waals surface area contributed by atoms with Gasteiger partial charge in [-0.1, -0.05) is 6.07 Å². The minimum Gasteiger partial charge on any atom is -0.455 e. The van der Waals surface area contributed by atoms with E-state index in [-0.39, 0.29) is 24.4 Å². The molecule has 4 heterocycles. The number of carbonyl (C=O) groups excluding carboxylic acids is 2. The molecular formula is C24H25N5O3S. The van der Waals surface area contributed by atoms with E-state index in [0.29, 0.717) is 38.4 Å². The molecule has 0 N–H and O–H groups in total. The number of nitrogens with zero attached hydrogens (tertiary/aromatic N) is 5. The molecule has 1 saturated heterocycles. The summed E-state index contributed by atoms with van der Waals surface area (Å²) in [6, 6.07) is 7.85. The third kappa shape index (κ3) is 4.59. The van der Waals surface area contributed by atoms with Gasteiger partial charge in [0.05, 0.1) is 16.6 Å². The lowest BCUT2D eigenvalue weighted by Crippen LogP contribution is -2.39. The van der Waals surface area contributed by atoms with Crippen LogP contribution in [0.15, 0.2) is 42.0 Å². The number of carbonyl (C=O) groups is 2. The van der Waals surface area contributed by atoms with E-state index >= 15 is 0 Å². The van der Waals surface area contributed by atoms with Crippen molar-refractivity contribution in [3.63, 3.8) is 0 Å². The van der Waals surface area contributed by atoms with Crippen molar-refractivity contribution in [1.82, 2.24) is 15.0 Å². The van der Waals surface area contributed by atoms with E-state index in [1.54, 1.807) is 34.7 Å². The smallest absolute Gasteiger partial charge is 0.309 e. The molecule has 0 aliphatic carbocycles. The highest BCUT2D eigenvalue weighted by atomic mass is 32.1. The van der Waals surface area contributed by atoms with Gasteiger partial charge in [-0.2, -0.15) is 0 Å². The highest BCUT2D eigenvalue weighted by Crippen LogP contribution is 2.33. The second-order valence-electron chi connectivity index (χ2n) is 8.31. The number of thiazole rings is 1. The first kappa shape index (κ1) is 21.5. The number of rotatable bonds is 5. The molecule has 2 aromatic heterocycles. The molecule has 0 atom stereocenters. The Morgan fingerprint density at radius 1 is 1.15 bits per heavy atom. The predicted molar refractivity (Wildman–Crippen MR) is 126 cm³/mol. The number of anilines is 2. The number of aryl methyl sites for hydroxylation is 1. The maximum atomic E-state index is 12.8. The van der Waals surface area contributed by atoms with Crippen LogP contribution < -0.4 is 9.80 Å². The fourth-order valence-electron chi connectivity index (χ4n) is 4.41. The van der Waals surface area contributed by atoms with Crippen molar-refractivity contribution in [2.45, 2.75) is 26.2 Å². The van der Waals surface area contributed by atoms with Crippen LogP contribution in [-0.4, -0.2) is 53.1 Å². The predicted octanol–water partition coefficient (Wildman–Crippen LogP) is 3.26. The molecule has 0 unspecified atom stereocenters. The third-order valence-electron chi connectivity index (χ3n) is 6.19. The van der Waals surface area contributed by atoms with E-state index in [1.165, 1.54) is 0 Å². The average molecular weight is 464 g/mol. The Hall–Kier alpha value is -3.33. The molecule has 170 valence electrons. The zero-order valence-corrected chi connectivity index (χ0v) is 19.3. The lowest BCUT2D eigenvalue weighted by atomic mass is 9.97. The fourth-order valence-corrected chi connectivity index (χ4v) is 5.04. The molecule has 0 spiro atoms. The van der Waals surface area contributed by atoms with Crippen LogP contribution in [0.2, 0.25) is 0 Å². The Morgan fingerprint density at radius 3 is 2.67 bits per heavy atom. The molecule has 8 nitrogen and oxygen atoms in total. The van der Waals surface area contributed by atoms with Crippen LogP contribution >= 0.6 is 11.3 Å². The molecular weight excluding hydrogens is 438 g/mol. The van der Waals surface area contributed by atoms with E-state index in [4.69, 9.17) is 4.74 Å². The molecule has 1 aromatic carbocycles. The van der Waals surface area contributed by atoms with Crippen molar-refractivity contribution >= 4 is 34.8 Å². The molecule has 3 aromatic rings. The van der Waals surface area contributed by atoms with Crippen LogP contribution in [0.1, 0.15) is 23.4 Å². The number of piperidine rings is 1.